The fraction of sp³-hybridized carbons (Fsp3) is 0.661. The quantitative estimate of drug-likeness (QED) is 0.0197. The van der Waals surface area contributed by atoms with Crippen LogP contribution in [-0.2, 0) is 42.2 Å². The molecule has 0 saturated heterocycles. The number of phosphoric ester groups is 1. The average molecular weight is 973 g/mol. The van der Waals surface area contributed by atoms with Crippen molar-refractivity contribution in [1.29, 1.82) is 0 Å². The molecule has 0 heterocycles. The van der Waals surface area contributed by atoms with Crippen LogP contribution in [-0.4, -0.2) is 66.5 Å². The number of ether oxygens (including phenoxy) is 3. The van der Waals surface area contributed by atoms with Crippen molar-refractivity contribution < 1.29 is 52.2 Å². The van der Waals surface area contributed by atoms with Crippen molar-refractivity contribution in [2.24, 2.45) is 0 Å². The first-order chi connectivity index (χ1) is 33.2. The van der Waals surface area contributed by atoms with E-state index in [-0.39, 0.29) is 25.9 Å². The number of aliphatic hydroxyl groups is 1. The molecule has 0 fully saturated rings. The first kappa shape index (κ1) is 64.4. The lowest BCUT2D eigenvalue weighted by molar-refractivity contribution is -0.160. The van der Waals surface area contributed by atoms with Crippen LogP contribution in [0.15, 0.2) is 97.2 Å². The van der Waals surface area contributed by atoms with Crippen molar-refractivity contribution in [1.82, 2.24) is 0 Å². The van der Waals surface area contributed by atoms with Gasteiger partial charge in [0.15, 0.2) is 6.10 Å². The third-order valence-electron chi connectivity index (χ3n) is 10.5. The van der Waals surface area contributed by atoms with E-state index in [0.717, 1.165) is 109 Å². The van der Waals surface area contributed by atoms with Gasteiger partial charge in [0.2, 0.25) is 0 Å². The molecule has 11 nitrogen and oxygen atoms in total. The lowest BCUT2D eigenvalue weighted by Crippen LogP contribution is -2.30. The van der Waals surface area contributed by atoms with Gasteiger partial charge >= 0.3 is 25.7 Å². The molecule has 0 radical (unpaired) electrons. The van der Waals surface area contributed by atoms with Crippen molar-refractivity contribution >= 4 is 25.7 Å². The van der Waals surface area contributed by atoms with Gasteiger partial charge in [-0.2, -0.15) is 0 Å². The summed E-state index contributed by atoms with van der Waals surface area (Å²) < 4.78 is 39.2. The van der Waals surface area contributed by atoms with Crippen molar-refractivity contribution in [2.45, 2.75) is 213 Å². The Morgan fingerprint density at radius 2 is 0.838 bits per heavy atom. The molecule has 0 aromatic carbocycles. The number of rotatable bonds is 47. The van der Waals surface area contributed by atoms with Gasteiger partial charge in [0.1, 0.15) is 12.7 Å². The zero-order chi connectivity index (χ0) is 49.9. The van der Waals surface area contributed by atoms with E-state index in [0.29, 0.717) is 19.3 Å². The van der Waals surface area contributed by atoms with Gasteiger partial charge in [-0.25, -0.2) is 4.57 Å². The third-order valence-corrected chi connectivity index (χ3v) is 11.4. The molecule has 68 heavy (non-hydrogen) atoms. The molecule has 0 rings (SSSR count). The second-order valence-electron chi connectivity index (χ2n) is 17.0. The number of hydrogen-bond acceptors (Lipinski definition) is 10. The van der Waals surface area contributed by atoms with Crippen molar-refractivity contribution in [2.75, 3.05) is 26.4 Å². The molecule has 12 heteroatoms. The van der Waals surface area contributed by atoms with Crippen LogP contribution in [0.4, 0.5) is 0 Å². The fourth-order valence-electron chi connectivity index (χ4n) is 6.50. The van der Waals surface area contributed by atoms with Crippen LogP contribution in [0.5, 0.6) is 0 Å². The topological polar surface area (TPSA) is 155 Å². The summed E-state index contributed by atoms with van der Waals surface area (Å²) in [4.78, 5) is 48.2. The SMILES string of the molecule is CC/C=C\C/C=C\C/C=C\C/C=C\C/C=C\CC(=O)OC(COC(=O)CCCCCCC/C=C\C/C=C\CCCCC)COP(=O)(O)OCC(CO)OC(=O)CCCCCCC/C=C\CCCC. The van der Waals surface area contributed by atoms with Crippen LogP contribution in [0, 0.1) is 0 Å². The second-order valence-corrected chi connectivity index (χ2v) is 18.4. The summed E-state index contributed by atoms with van der Waals surface area (Å²) in [6, 6.07) is 0. The van der Waals surface area contributed by atoms with Crippen LogP contribution in [0.3, 0.4) is 0 Å². The molecule has 0 bridgehead atoms. The molecule has 0 spiro atoms. The van der Waals surface area contributed by atoms with E-state index >= 15 is 0 Å². The Morgan fingerprint density at radius 3 is 1.35 bits per heavy atom. The van der Waals surface area contributed by atoms with Crippen molar-refractivity contribution in [3.8, 4) is 0 Å². The van der Waals surface area contributed by atoms with Gasteiger partial charge in [-0.05, 0) is 96.3 Å². The maximum Gasteiger partial charge on any atom is 0.472 e. The van der Waals surface area contributed by atoms with Gasteiger partial charge in [-0.3, -0.25) is 23.4 Å². The molecule has 3 atom stereocenters. The summed E-state index contributed by atoms with van der Waals surface area (Å²) >= 11 is 0. The van der Waals surface area contributed by atoms with E-state index in [4.69, 9.17) is 23.3 Å². The highest BCUT2D eigenvalue weighted by Gasteiger charge is 2.28. The highest BCUT2D eigenvalue weighted by Crippen LogP contribution is 2.43. The fourth-order valence-corrected chi connectivity index (χ4v) is 7.28. The second kappa shape index (κ2) is 49.8. The van der Waals surface area contributed by atoms with Gasteiger partial charge in [0.25, 0.3) is 0 Å². The molecule has 0 aromatic heterocycles. The molecule has 388 valence electrons. The Kier molecular flexibility index (Phi) is 47.2. The number of unbranched alkanes of at least 4 members (excludes halogenated alkanes) is 15. The number of aliphatic hydroxyl groups excluding tert-OH is 1. The first-order valence-corrected chi connectivity index (χ1v) is 27.6. The Labute approximate surface area is 412 Å². The van der Waals surface area contributed by atoms with Crippen molar-refractivity contribution in [3.63, 3.8) is 0 Å². The van der Waals surface area contributed by atoms with E-state index in [1.165, 1.54) is 32.1 Å². The minimum Gasteiger partial charge on any atom is -0.462 e. The van der Waals surface area contributed by atoms with E-state index in [9.17, 15) is 28.9 Å². The number of phosphoric acid groups is 1. The summed E-state index contributed by atoms with van der Waals surface area (Å²) in [5, 5.41) is 9.76. The molecular weight excluding hydrogens is 880 g/mol. The summed E-state index contributed by atoms with van der Waals surface area (Å²) in [7, 11) is -4.77. The summed E-state index contributed by atoms with van der Waals surface area (Å²) in [6.45, 7) is 4.30. The molecular formula is C56H93O11P. The molecule has 2 N–H and O–H groups in total. The minimum atomic E-state index is -4.77. The van der Waals surface area contributed by atoms with E-state index in [1.807, 2.05) is 18.2 Å². The smallest absolute Gasteiger partial charge is 0.462 e. The Morgan fingerprint density at radius 1 is 0.441 bits per heavy atom. The van der Waals surface area contributed by atoms with Gasteiger partial charge in [0.05, 0.1) is 26.2 Å². The Hall–Kier alpha value is -3.60. The molecule has 0 aliphatic heterocycles. The monoisotopic (exact) mass is 973 g/mol. The molecule has 3 unspecified atom stereocenters. The highest BCUT2D eigenvalue weighted by molar-refractivity contribution is 7.47. The molecule has 0 aliphatic carbocycles. The minimum absolute atomic E-state index is 0.0719. The van der Waals surface area contributed by atoms with Gasteiger partial charge in [0, 0.05) is 12.8 Å². The number of esters is 3. The lowest BCUT2D eigenvalue weighted by Gasteiger charge is -2.21. The third kappa shape index (κ3) is 47.5. The highest BCUT2D eigenvalue weighted by atomic mass is 31.2. The number of carbonyl (C=O) groups excluding carboxylic acids is 3. The summed E-state index contributed by atoms with van der Waals surface area (Å²) in [5.74, 6) is -1.65. The van der Waals surface area contributed by atoms with Crippen LogP contribution >= 0.6 is 7.82 Å². The maximum absolute atomic E-state index is 12.8. The lowest BCUT2D eigenvalue weighted by atomic mass is 10.1. The Bertz CT molecular complexity index is 1510. The normalized spacial score (nSPS) is 14.2. The predicted molar refractivity (Wildman–Crippen MR) is 279 cm³/mol. The molecule has 0 amide bonds. The van der Waals surface area contributed by atoms with E-state index < -0.39 is 57.8 Å². The zero-order valence-electron chi connectivity index (χ0n) is 42.5. The van der Waals surface area contributed by atoms with Crippen LogP contribution < -0.4 is 0 Å². The van der Waals surface area contributed by atoms with E-state index in [1.54, 1.807) is 6.08 Å². The molecule has 0 aliphatic rings. The predicted octanol–water partition coefficient (Wildman–Crippen LogP) is 14.9. The van der Waals surface area contributed by atoms with Gasteiger partial charge in [-0.1, -0.05) is 182 Å². The maximum atomic E-state index is 12.8. The van der Waals surface area contributed by atoms with Gasteiger partial charge < -0.3 is 24.2 Å². The average Bonchev–Trinajstić information content (AvgIpc) is 3.32. The summed E-state index contributed by atoms with van der Waals surface area (Å²) in [6.07, 6.45) is 56.9. The van der Waals surface area contributed by atoms with Crippen LogP contribution in [0.25, 0.3) is 0 Å². The van der Waals surface area contributed by atoms with Crippen LogP contribution in [0.1, 0.15) is 201 Å². The number of hydrogen-bond donors (Lipinski definition) is 2. The first-order valence-electron chi connectivity index (χ1n) is 26.1. The number of carbonyl (C=O) groups is 3. The van der Waals surface area contributed by atoms with Gasteiger partial charge in [-0.15, -0.1) is 0 Å². The molecule has 0 saturated carbocycles. The van der Waals surface area contributed by atoms with E-state index in [2.05, 4.69) is 93.7 Å². The zero-order valence-corrected chi connectivity index (χ0v) is 43.4. The molecule has 0 aromatic rings. The summed E-state index contributed by atoms with van der Waals surface area (Å²) in [5.41, 5.74) is 0. The van der Waals surface area contributed by atoms with Crippen molar-refractivity contribution in [3.05, 3.63) is 97.2 Å². The standard InChI is InChI=1S/C56H93O11P/c1-4-7-10-13-16-19-22-24-26-28-31-33-36-39-42-45-54(58)63-49-53(67-56(60)47-44-41-38-35-32-29-27-25-23-20-17-14-11-8-5-2)51-65-68(61,62)64-50-52(48-57)66-55(59)46-43-40-37-34-30-21-18-15-12-9-6-3/h8,11,15-20,24-27,32,35,41,44,52-53,57H,4-7,9-10,12-14,21-23,28-31,33-34,36-40,42-43,45-51H2,1-3H3,(H,61,62)/b11-8-,18-15-,19-16-,20-17-,26-24-,27-25-,35-32-,44-41-. The van der Waals surface area contributed by atoms with Crippen LogP contribution in [0.2, 0.25) is 0 Å². The number of allylic oxidation sites excluding steroid dienone is 15. The Balaban J connectivity index is 4.91. The largest absolute Gasteiger partial charge is 0.472 e.